The summed E-state index contributed by atoms with van der Waals surface area (Å²) in [6, 6.07) is 14.0. The van der Waals surface area contributed by atoms with Crippen molar-refractivity contribution in [1.29, 1.82) is 0 Å². The van der Waals surface area contributed by atoms with Crippen molar-refractivity contribution in [1.82, 2.24) is 25.4 Å². The van der Waals surface area contributed by atoms with Crippen LogP contribution in [0.2, 0.25) is 0 Å². The zero-order valence-electron chi connectivity index (χ0n) is 18.5. The van der Waals surface area contributed by atoms with Crippen LogP contribution in [0.3, 0.4) is 0 Å². The third-order valence-electron chi connectivity index (χ3n) is 4.53. The average Bonchev–Trinajstić information content (AvgIpc) is 3.13. The fourth-order valence-electron chi connectivity index (χ4n) is 2.95. The molecule has 0 spiro atoms. The number of urea groups is 1. The summed E-state index contributed by atoms with van der Waals surface area (Å²) in [7, 11) is 0. The number of carbonyl (C=O) groups is 1. The minimum Gasteiger partial charge on any atom is -0.334 e. The Balaban J connectivity index is 1.86. The Morgan fingerprint density at radius 2 is 1.81 bits per heavy atom. The van der Waals surface area contributed by atoms with Crippen molar-refractivity contribution in [3.63, 3.8) is 0 Å². The van der Waals surface area contributed by atoms with E-state index >= 15 is 0 Å². The number of nitrogens with one attached hydrogen (secondary N) is 2. The standard InChI is InChI=1S/C22H26N6O3S/c1-15-7-5-6-8-16(15)14-32-21-26-25-19(13-23-20(29)24-22(2,3)4)27(21)17-9-11-18(12-10-17)28(30)31/h5-12H,13-14H2,1-4H3,(H2,23,24,29). The van der Waals surface area contributed by atoms with Gasteiger partial charge < -0.3 is 10.6 Å². The van der Waals surface area contributed by atoms with E-state index in [1.54, 1.807) is 12.1 Å². The normalized spacial score (nSPS) is 11.2. The fourth-order valence-corrected chi connectivity index (χ4v) is 4.00. The summed E-state index contributed by atoms with van der Waals surface area (Å²) in [5.74, 6) is 1.21. The van der Waals surface area contributed by atoms with Crippen LogP contribution in [0.5, 0.6) is 0 Å². The number of nitro groups is 1. The van der Waals surface area contributed by atoms with Crippen LogP contribution in [0.15, 0.2) is 53.7 Å². The quantitative estimate of drug-likeness (QED) is 0.311. The van der Waals surface area contributed by atoms with Crippen LogP contribution in [0.25, 0.3) is 5.69 Å². The van der Waals surface area contributed by atoms with Gasteiger partial charge in [-0.1, -0.05) is 36.0 Å². The fraction of sp³-hybridized carbons (Fsp3) is 0.318. The van der Waals surface area contributed by atoms with E-state index in [1.807, 2.05) is 37.5 Å². The molecule has 10 heteroatoms. The summed E-state index contributed by atoms with van der Waals surface area (Å²) < 4.78 is 1.81. The van der Waals surface area contributed by atoms with Crippen molar-refractivity contribution in [2.45, 2.75) is 50.7 Å². The third kappa shape index (κ3) is 6.07. The highest BCUT2D eigenvalue weighted by atomic mass is 32.2. The molecule has 0 aliphatic heterocycles. The van der Waals surface area contributed by atoms with Gasteiger partial charge in [0.2, 0.25) is 0 Å². The lowest BCUT2D eigenvalue weighted by molar-refractivity contribution is -0.384. The Hall–Kier alpha value is -3.40. The lowest BCUT2D eigenvalue weighted by atomic mass is 10.1. The first-order chi connectivity index (χ1) is 15.1. The summed E-state index contributed by atoms with van der Waals surface area (Å²) in [6.45, 7) is 7.89. The number of carbonyl (C=O) groups excluding carboxylic acids is 1. The number of nitrogens with zero attached hydrogens (tertiary/aromatic N) is 4. The van der Waals surface area contributed by atoms with Crippen LogP contribution in [0, 0.1) is 17.0 Å². The van der Waals surface area contributed by atoms with Gasteiger partial charge in [-0.2, -0.15) is 0 Å². The summed E-state index contributed by atoms with van der Waals surface area (Å²) in [4.78, 5) is 22.8. The molecule has 3 aromatic rings. The van der Waals surface area contributed by atoms with Crippen molar-refractivity contribution in [3.05, 3.63) is 75.6 Å². The zero-order valence-corrected chi connectivity index (χ0v) is 19.3. The Morgan fingerprint density at radius 1 is 1.12 bits per heavy atom. The SMILES string of the molecule is Cc1ccccc1CSc1nnc(CNC(=O)NC(C)(C)C)n1-c1ccc([N+](=O)[O-])cc1. The Bertz CT molecular complexity index is 1110. The molecule has 1 aromatic heterocycles. The minimum absolute atomic E-state index is 0.000155. The maximum absolute atomic E-state index is 12.2. The lowest BCUT2D eigenvalue weighted by Gasteiger charge is -2.20. The van der Waals surface area contributed by atoms with E-state index in [9.17, 15) is 14.9 Å². The molecule has 0 atom stereocenters. The monoisotopic (exact) mass is 454 g/mol. The molecule has 168 valence electrons. The van der Waals surface area contributed by atoms with Gasteiger partial charge in [0.15, 0.2) is 11.0 Å². The first kappa shape index (κ1) is 23.3. The van der Waals surface area contributed by atoms with Crippen LogP contribution in [0.1, 0.15) is 37.7 Å². The number of nitro benzene ring substituents is 1. The molecule has 9 nitrogen and oxygen atoms in total. The molecule has 3 rings (SSSR count). The van der Waals surface area contributed by atoms with E-state index in [1.165, 1.54) is 35.0 Å². The molecule has 0 aliphatic rings. The molecule has 0 fully saturated rings. The first-order valence-electron chi connectivity index (χ1n) is 10.1. The van der Waals surface area contributed by atoms with Crippen LogP contribution in [0.4, 0.5) is 10.5 Å². The second-order valence-electron chi connectivity index (χ2n) is 8.28. The number of aryl methyl sites for hydroxylation is 1. The van der Waals surface area contributed by atoms with Crippen molar-refractivity contribution in [2.75, 3.05) is 0 Å². The Kier molecular flexibility index (Phi) is 7.14. The Morgan fingerprint density at radius 3 is 2.44 bits per heavy atom. The van der Waals surface area contributed by atoms with Gasteiger partial charge in [0, 0.05) is 29.1 Å². The molecule has 1 heterocycles. The highest BCUT2D eigenvalue weighted by Crippen LogP contribution is 2.27. The molecule has 0 saturated carbocycles. The maximum Gasteiger partial charge on any atom is 0.315 e. The van der Waals surface area contributed by atoms with E-state index in [2.05, 4.69) is 39.9 Å². The van der Waals surface area contributed by atoms with Crippen molar-refractivity contribution in [2.24, 2.45) is 0 Å². The number of aromatic nitrogens is 3. The van der Waals surface area contributed by atoms with Gasteiger partial charge in [0.05, 0.1) is 11.5 Å². The highest BCUT2D eigenvalue weighted by molar-refractivity contribution is 7.98. The van der Waals surface area contributed by atoms with Crippen LogP contribution in [-0.2, 0) is 12.3 Å². The van der Waals surface area contributed by atoms with Crippen LogP contribution >= 0.6 is 11.8 Å². The predicted octanol–water partition coefficient (Wildman–Crippen LogP) is 4.37. The highest BCUT2D eigenvalue weighted by Gasteiger charge is 2.18. The summed E-state index contributed by atoms with van der Waals surface area (Å²) >= 11 is 1.51. The van der Waals surface area contributed by atoms with Gasteiger partial charge in [-0.15, -0.1) is 10.2 Å². The molecule has 2 N–H and O–H groups in total. The van der Waals surface area contributed by atoms with Crippen LogP contribution in [-0.4, -0.2) is 31.3 Å². The molecule has 32 heavy (non-hydrogen) atoms. The van der Waals surface area contributed by atoms with E-state index < -0.39 is 4.92 Å². The maximum atomic E-state index is 12.2. The predicted molar refractivity (Wildman–Crippen MR) is 124 cm³/mol. The van der Waals surface area contributed by atoms with E-state index in [-0.39, 0.29) is 23.8 Å². The topological polar surface area (TPSA) is 115 Å². The van der Waals surface area contributed by atoms with Gasteiger partial charge in [-0.3, -0.25) is 14.7 Å². The first-order valence-corrected chi connectivity index (χ1v) is 11.0. The number of rotatable bonds is 7. The number of benzene rings is 2. The second-order valence-corrected chi connectivity index (χ2v) is 9.22. The molecule has 0 aliphatic carbocycles. The summed E-state index contributed by atoms with van der Waals surface area (Å²) in [5, 5.41) is 25.9. The van der Waals surface area contributed by atoms with E-state index in [0.717, 1.165) is 0 Å². The van der Waals surface area contributed by atoms with Crippen molar-refractivity contribution in [3.8, 4) is 5.69 Å². The van der Waals surface area contributed by atoms with Gasteiger partial charge in [-0.05, 0) is 51.0 Å². The van der Waals surface area contributed by atoms with E-state index in [4.69, 9.17) is 0 Å². The molecule has 0 bridgehead atoms. The minimum atomic E-state index is -0.441. The van der Waals surface area contributed by atoms with Gasteiger partial charge >= 0.3 is 6.03 Å². The lowest BCUT2D eigenvalue weighted by Crippen LogP contribution is -2.46. The number of hydrogen-bond donors (Lipinski definition) is 2. The average molecular weight is 455 g/mol. The number of hydrogen-bond acceptors (Lipinski definition) is 6. The van der Waals surface area contributed by atoms with Crippen LogP contribution < -0.4 is 10.6 Å². The number of thioether (sulfide) groups is 1. The van der Waals surface area contributed by atoms with Gasteiger partial charge in [0.1, 0.15) is 0 Å². The van der Waals surface area contributed by atoms with E-state index in [0.29, 0.717) is 22.4 Å². The molecular formula is C22H26N6O3S. The molecule has 0 radical (unpaired) electrons. The summed E-state index contributed by atoms with van der Waals surface area (Å²) in [5.41, 5.74) is 2.67. The number of amides is 2. The Labute approximate surface area is 190 Å². The molecular weight excluding hydrogens is 428 g/mol. The second kappa shape index (κ2) is 9.82. The zero-order chi connectivity index (χ0) is 23.3. The molecule has 2 aromatic carbocycles. The number of non-ortho nitro benzene ring substituents is 1. The molecule has 0 unspecified atom stereocenters. The van der Waals surface area contributed by atoms with Gasteiger partial charge in [-0.25, -0.2) is 4.79 Å². The smallest absolute Gasteiger partial charge is 0.315 e. The van der Waals surface area contributed by atoms with Crippen molar-refractivity contribution < 1.29 is 9.72 Å². The van der Waals surface area contributed by atoms with Gasteiger partial charge in [0.25, 0.3) is 5.69 Å². The summed E-state index contributed by atoms with van der Waals surface area (Å²) in [6.07, 6.45) is 0. The molecule has 0 saturated heterocycles. The molecule has 2 amide bonds. The van der Waals surface area contributed by atoms with Crippen molar-refractivity contribution >= 4 is 23.5 Å². The largest absolute Gasteiger partial charge is 0.334 e. The third-order valence-corrected chi connectivity index (χ3v) is 5.51.